The molecule has 1 aliphatic heterocycles. The van der Waals surface area contributed by atoms with Gasteiger partial charge in [0.15, 0.2) is 0 Å². The number of carbonyl (C=O) groups is 1. The number of nitrogens with one attached hydrogen (secondary N) is 2. The van der Waals surface area contributed by atoms with Crippen molar-refractivity contribution in [2.45, 2.75) is 18.9 Å². The molecule has 16 heavy (non-hydrogen) atoms. The van der Waals surface area contributed by atoms with Crippen molar-refractivity contribution >= 4 is 34.8 Å². The fraction of sp³-hybridized carbons (Fsp3) is 0.364. The van der Waals surface area contributed by atoms with Crippen LogP contribution in [-0.4, -0.2) is 18.5 Å². The molecular weight excluding hydrogens is 247 g/mol. The van der Waals surface area contributed by atoms with Crippen LogP contribution in [0.1, 0.15) is 12.8 Å². The number of benzene rings is 1. The monoisotopic (exact) mass is 258 g/mol. The van der Waals surface area contributed by atoms with Gasteiger partial charge in [-0.05, 0) is 31.5 Å². The SMILES string of the molecule is O=C(Nc1c(Cl)cccc1Cl)C1CCCN1. The number of rotatable bonds is 2. The van der Waals surface area contributed by atoms with Crippen LogP contribution in [-0.2, 0) is 4.79 Å². The van der Waals surface area contributed by atoms with Crippen LogP contribution in [0, 0.1) is 0 Å². The van der Waals surface area contributed by atoms with Gasteiger partial charge < -0.3 is 10.6 Å². The zero-order valence-electron chi connectivity index (χ0n) is 8.59. The zero-order chi connectivity index (χ0) is 11.5. The Morgan fingerprint density at radius 2 is 2.06 bits per heavy atom. The lowest BCUT2D eigenvalue weighted by atomic mass is 10.2. The summed E-state index contributed by atoms with van der Waals surface area (Å²) in [5.41, 5.74) is 0.490. The van der Waals surface area contributed by atoms with Crippen LogP contribution in [0.25, 0.3) is 0 Å². The molecule has 3 nitrogen and oxygen atoms in total. The Balaban J connectivity index is 2.11. The summed E-state index contributed by atoms with van der Waals surface area (Å²) in [6.07, 6.45) is 1.88. The lowest BCUT2D eigenvalue weighted by Crippen LogP contribution is -2.35. The minimum atomic E-state index is -0.132. The molecular formula is C11H12Cl2N2O. The Labute approximate surface area is 104 Å². The van der Waals surface area contributed by atoms with Gasteiger partial charge in [0.05, 0.1) is 21.8 Å². The van der Waals surface area contributed by atoms with E-state index in [0.717, 1.165) is 19.4 Å². The van der Waals surface area contributed by atoms with Gasteiger partial charge in [0.25, 0.3) is 0 Å². The minimum absolute atomic E-state index is 0.0764. The van der Waals surface area contributed by atoms with Crippen LogP contribution in [0.15, 0.2) is 18.2 Å². The summed E-state index contributed by atoms with van der Waals surface area (Å²) in [5.74, 6) is -0.0764. The van der Waals surface area contributed by atoms with E-state index in [1.165, 1.54) is 0 Å². The number of amides is 1. The van der Waals surface area contributed by atoms with Crippen molar-refractivity contribution in [3.05, 3.63) is 28.2 Å². The first-order valence-electron chi connectivity index (χ1n) is 5.17. The summed E-state index contributed by atoms with van der Waals surface area (Å²) in [6.45, 7) is 0.883. The molecule has 86 valence electrons. The fourth-order valence-corrected chi connectivity index (χ4v) is 2.23. The van der Waals surface area contributed by atoms with Gasteiger partial charge in [-0.25, -0.2) is 0 Å². The molecule has 0 saturated carbocycles. The summed E-state index contributed by atoms with van der Waals surface area (Å²) in [7, 11) is 0. The standard InChI is InChI=1S/C11H12Cl2N2O/c12-7-3-1-4-8(13)10(7)15-11(16)9-5-2-6-14-9/h1,3-4,9,14H,2,5-6H2,(H,15,16). The quantitative estimate of drug-likeness (QED) is 0.857. The molecule has 2 N–H and O–H groups in total. The van der Waals surface area contributed by atoms with Gasteiger partial charge in [-0.1, -0.05) is 29.3 Å². The first kappa shape index (κ1) is 11.7. The summed E-state index contributed by atoms with van der Waals surface area (Å²) in [6, 6.07) is 5.01. The van der Waals surface area contributed by atoms with Crippen molar-refractivity contribution in [1.29, 1.82) is 0 Å². The maximum atomic E-state index is 11.8. The molecule has 1 fully saturated rings. The van der Waals surface area contributed by atoms with E-state index in [-0.39, 0.29) is 11.9 Å². The summed E-state index contributed by atoms with van der Waals surface area (Å²) >= 11 is 11.9. The Kier molecular flexibility index (Phi) is 3.69. The summed E-state index contributed by atoms with van der Waals surface area (Å²) < 4.78 is 0. The average molecular weight is 259 g/mol. The van der Waals surface area contributed by atoms with Crippen molar-refractivity contribution in [1.82, 2.24) is 5.32 Å². The lowest BCUT2D eigenvalue weighted by Gasteiger charge is -2.13. The third kappa shape index (κ3) is 2.48. The van der Waals surface area contributed by atoms with Gasteiger partial charge in [0.1, 0.15) is 0 Å². The van der Waals surface area contributed by atoms with E-state index in [9.17, 15) is 4.79 Å². The van der Waals surface area contributed by atoms with Gasteiger partial charge in [0, 0.05) is 0 Å². The molecule has 1 heterocycles. The predicted octanol–water partition coefficient (Wildman–Crippen LogP) is 2.68. The Morgan fingerprint density at radius 1 is 1.38 bits per heavy atom. The van der Waals surface area contributed by atoms with Gasteiger partial charge in [-0.15, -0.1) is 0 Å². The van der Waals surface area contributed by atoms with Crippen molar-refractivity contribution in [2.24, 2.45) is 0 Å². The van der Waals surface area contributed by atoms with E-state index in [4.69, 9.17) is 23.2 Å². The molecule has 1 amide bonds. The fourth-order valence-electron chi connectivity index (χ4n) is 1.74. The van der Waals surface area contributed by atoms with Crippen molar-refractivity contribution in [3.8, 4) is 0 Å². The number of hydrogen-bond donors (Lipinski definition) is 2. The van der Waals surface area contributed by atoms with E-state index in [1.54, 1.807) is 18.2 Å². The normalized spacial score (nSPS) is 19.8. The van der Waals surface area contributed by atoms with Gasteiger partial charge in [-0.3, -0.25) is 4.79 Å². The molecule has 0 radical (unpaired) electrons. The number of hydrogen-bond acceptors (Lipinski definition) is 2. The molecule has 1 aromatic carbocycles. The van der Waals surface area contributed by atoms with Crippen molar-refractivity contribution < 1.29 is 4.79 Å². The first-order valence-corrected chi connectivity index (χ1v) is 5.92. The van der Waals surface area contributed by atoms with E-state index in [0.29, 0.717) is 15.7 Å². The summed E-state index contributed by atoms with van der Waals surface area (Å²) in [4.78, 5) is 11.8. The van der Waals surface area contributed by atoms with Crippen molar-refractivity contribution in [3.63, 3.8) is 0 Å². The van der Waals surface area contributed by atoms with Crippen LogP contribution in [0.4, 0.5) is 5.69 Å². The highest BCUT2D eigenvalue weighted by atomic mass is 35.5. The molecule has 1 aromatic rings. The number of para-hydroxylation sites is 1. The topological polar surface area (TPSA) is 41.1 Å². The Bertz CT molecular complexity index is 383. The highest BCUT2D eigenvalue weighted by molar-refractivity contribution is 6.39. The largest absolute Gasteiger partial charge is 0.322 e. The third-order valence-electron chi connectivity index (χ3n) is 2.59. The second-order valence-electron chi connectivity index (χ2n) is 3.73. The molecule has 1 unspecified atom stereocenters. The Hall–Kier alpha value is -0.770. The average Bonchev–Trinajstić information content (AvgIpc) is 2.76. The van der Waals surface area contributed by atoms with Gasteiger partial charge in [0.2, 0.25) is 5.91 Å². The van der Waals surface area contributed by atoms with Crippen LogP contribution >= 0.6 is 23.2 Å². The van der Waals surface area contributed by atoms with Crippen LogP contribution in [0.5, 0.6) is 0 Å². The summed E-state index contributed by atoms with van der Waals surface area (Å²) in [5, 5.41) is 6.79. The molecule has 0 aliphatic carbocycles. The molecule has 2 rings (SSSR count). The van der Waals surface area contributed by atoms with E-state index >= 15 is 0 Å². The van der Waals surface area contributed by atoms with E-state index in [2.05, 4.69) is 10.6 Å². The highest BCUT2D eigenvalue weighted by Crippen LogP contribution is 2.30. The smallest absolute Gasteiger partial charge is 0.241 e. The first-order chi connectivity index (χ1) is 7.68. The van der Waals surface area contributed by atoms with E-state index < -0.39 is 0 Å². The number of halogens is 2. The van der Waals surface area contributed by atoms with Gasteiger partial charge >= 0.3 is 0 Å². The van der Waals surface area contributed by atoms with Crippen LogP contribution < -0.4 is 10.6 Å². The third-order valence-corrected chi connectivity index (χ3v) is 3.22. The molecule has 1 saturated heterocycles. The van der Waals surface area contributed by atoms with Gasteiger partial charge in [-0.2, -0.15) is 0 Å². The molecule has 0 aromatic heterocycles. The van der Waals surface area contributed by atoms with Crippen LogP contribution in [0.2, 0.25) is 10.0 Å². The highest BCUT2D eigenvalue weighted by Gasteiger charge is 2.23. The predicted molar refractivity (Wildman–Crippen MR) is 66.1 cm³/mol. The number of carbonyl (C=O) groups excluding carboxylic acids is 1. The molecule has 0 bridgehead atoms. The lowest BCUT2D eigenvalue weighted by molar-refractivity contribution is -0.117. The maximum Gasteiger partial charge on any atom is 0.241 e. The molecule has 5 heteroatoms. The minimum Gasteiger partial charge on any atom is -0.322 e. The van der Waals surface area contributed by atoms with Crippen molar-refractivity contribution in [2.75, 3.05) is 11.9 Å². The molecule has 1 atom stereocenters. The zero-order valence-corrected chi connectivity index (χ0v) is 10.1. The second kappa shape index (κ2) is 5.04. The maximum absolute atomic E-state index is 11.8. The Morgan fingerprint density at radius 3 is 2.62 bits per heavy atom. The number of anilines is 1. The van der Waals surface area contributed by atoms with E-state index in [1.807, 2.05) is 0 Å². The van der Waals surface area contributed by atoms with Crippen LogP contribution in [0.3, 0.4) is 0 Å². The molecule has 0 spiro atoms. The molecule has 1 aliphatic rings. The second-order valence-corrected chi connectivity index (χ2v) is 4.55.